The minimum atomic E-state index is -1.04. The van der Waals surface area contributed by atoms with E-state index in [4.69, 9.17) is 9.72 Å². The van der Waals surface area contributed by atoms with Crippen molar-refractivity contribution < 1.29 is 32.7 Å². The second-order valence-electron chi connectivity index (χ2n) is 16.1. The van der Waals surface area contributed by atoms with Crippen LogP contribution in [0.25, 0.3) is 22.3 Å². The lowest BCUT2D eigenvalue weighted by Crippen LogP contribution is -2.40. The zero-order valence-corrected chi connectivity index (χ0v) is 33.6. The summed E-state index contributed by atoms with van der Waals surface area (Å²) in [6.07, 6.45) is 4.52. The molecule has 8 rings (SSSR count). The summed E-state index contributed by atoms with van der Waals surface area (Å²) in [5.74, 6) is -3.10. The Labute approximate surface area is 339 Å². The Morgan fingerprint density at radius 3 is 2.58 bits per heavy atom. The molecule has 0 saturated carbocycles. The molecule has 3 atom stereocenters. The number of carbonyl (C=O) groups is 4. The summed E-state index contributed by atoms with van der Waals surface area (Å²) in [5.41, 5.74) is 4.39. The first-order chi connectivity index (χ1) is 28.3. The Morgan fingerprint density at radius 1 is 1.00 bits per heavy atom. The van der Waals surface area contributed by atoms with E-state index < -0.39 is 29.4 Å². The third kappa shape index (κ3) is 8.18. The van der Waals surface area contributed by atoms with Gasteiger partial charge in [-0.15, -0.1) is 0 Å². The molecule has 0 spiro atoms. The molecule has 3 aliphatic rings. The van der Waals surface area contributed by atoms with Crippen LogP contribution in [0.3, 0.4) is 0 Å². The molecule has 6 heterocycles. The van der Waals surface area contributed by atoms with Gasteiger partial charge in [0, 0.05) is 75.1 Å². The summed E-state index contributed by atoms with van der Waals surface area (Å²) < 4.78 is 40.1. The van der Waals surface area contributed by atoms with Crippen molar-refractivity contribution in [3.05, 3.63) is 88.2 Å². The molecule has 3 aromatic heterocycles. The Morgan fingerprint density at radius 2 is 1.80 bits per heavy atom. The first-order valence-corrected chi connectivity index (χ1v) is 20.1. The second kappa shape index (κ2) is 16.3. The predicted octanol–water partition coefficient (Wildman–Crippen LogP) is 5.39. The van der Waals surface area contributed by atoms with E-state index in [-0.39, 0.29) is 42.2 Å². The van der Waals surface area contributed by atoms with Crippen LogP contribution in [0, 0.1) is 24.5 Å². The molecule has 14 nitrogen and oxygen atoms in total. The van der Waals surface area contributed by atoms with Gasteiger partial charge in [-0.2, -0.15) is 5.10 Å². The molecule has 59 heavy (non-hydrogen) atoms. The number of hydrogen-bond donors (Lipinski definition) is 2. The number of imide groups is 1. The predicted molar refractivity (Wildman–Crippen MR) is 215 cm³/mol. The van der Waals surface area contributed by atoms with Crippen LogP contribution in [-0.2, 0) is 29.6 Å². The van der Waals surface area contributed by atoms with Crippen molar-refractivity contribution in [2.24, 2.45) is 13.0 Å². The number of aryl methyl sites for hydroxylation is 2. The number of carbonyl (C=O) groups excluding carboxylic acids is 4. The van der Waals surface area contributed by atoms with Crippen LogP contribution in [0.15, 0.2) is 48.7 Å². The van der Waals surface area contributed by atoms with Gasteiger partial charge in [0.25, 0.3) is 11.8 Å². The number of likely N-dealkylation sites (N-methyl/N-ethyl adjacent to an activating group) is 1. The van der Waals surface area contributed by atoms with Gasteiger partial charge in [0.1, 0.15) is 11.6 Å². The lowest BCUT2D eigenvalue weighted by atomic mass is 9.89. The van der Waals surface area contributed by atoms with Gasteiger partial charge in [-0.25, -0.2) is 18.4 Å². The number of pyridine rings is 1. The Balaban J connectivity index is 0.968. The van der Waals surface area contributed by atoms with Gasteiger partial charge in [-0.05, 0) is 93.0 Å². The molecule has 0 radical (unpaired) electrons. The van der Waals surface area contributed by atoms with Crippen LogP contribution in [0.4, 0.5) is 14.7 Å². The van der Waals surface area contributed by atoms with Gasteiger partial charge in [0.15, 0.2) is 0 Å². The maximum Gasteiger partial charge on any atom is 0.258 e. The Kier molecular flexibility index (Phi) is 11.0. The third-order valence-corrected chi connectivity index (χ3v) is 11.7. The number of piperidine rings is 1. The molecule has 5 aromatic rings. The van der Waals surface area contributed by atoms with E-state index in [9.17, 15) is 19.2 Å². The summed E-state index contributed by atoms with van der Waals surface area (Å²) >= 11 is 0. The van der Waals surface area contributed by atoms with E-state index in [0.717, 1.165) is 24.8 Å². The average Bonchev–Trinajstić information content (AvgIpc) is 3.92. The minimum Gasteiger partial charge on any atom is -0.477 e. The molecule has 16 heteroatoms. The number of likely N-dealkylation sites (tertiary alicyclic amines) is 1. The SMILES string of the molecule is Cc1cc2cc(n1)-c1cnn(C)c1OCCC[C@@H](C)Cn1c(nc3ccc(C(=O)N(C)[C@@H]4CCN(CCc5cc(F)c([C@H]6CCC(=O)NC6=O)c(F)c5)C4)cc31)NC2=O. The van der Waals surface area contributed by atoms with Crippen molar-refractivity contribution in [1.82, 2.24) is 39.4 Å². The van der Waals surface area contributed by atoms with Crippen molar-refractivity contribution in [3.8, 4) is 17.1 Å². The van der Waals surface area contributed by atoms with Gasteiger partial charge >= 0.3 is 0 Å². The number of benzene rings is 2. The van der Waals surface area contributed by atoms with Gasteiger partial charge in [0.05, 0.1) is 41.0 Å². The van der Waals surface area contributed by atoms with Crippen LogP contribution in [0.1, 0.15) is 82.5 Å². The van der Waals surface area contributed by atoms with E-state index in [1.165, 1.54) is 12.1 Å². The third-order valence-electron chi connectivity index (χ3n) is 11.7. The summed E-state index contributed by atoms with van der Waals surface area (Å²) in [6, 6.07) is 11.3. The average molecular weight is 808 g/mol. The highest BCUT2D eigenvalue weighted by Crippen LogP contribution is 2.33. The number of hydrogen-bond acceptors (Lipinski definition) is 9. The van der Waals surface area contributed by atoms with Crippen LogP contribution < -0.4 is 15.4 Å². The van der Waals surface area contributed by atoms with Gasteiger partial charge in [-0.1, -0.05) is 6.92 Å². The molecular formula is C43H47F2N9O5. The highest BCUT2D eigenvalue weighted by molar-refractivity contribution is 6.05. The number of ether oxygens (including phenoxy) is 1. The number of amides is 4. The van der Waals surface area contributed by atoms with Crippen molar-refractivity contribution in [2.75, 3.05) is 38.6 Å². The molecule has 2 saturated heterocycles. The number of nitrogens with one attached hydrogen (secondary N) is 2. The minimum absolute atomic E-state index is 0.0307. The molecule has 2 fully saturated rings. The normalized spacial score (nSPS) is 20.2. The smallest absolute Gasteiger partial charge is 0.258 e. The highest BCUT2D eigenvalue weighted by atomic mass is 19.1. The number of nitrogens with zero attached hydrogens (tertiary/aromatic N) is 7. The molecule has 3 aliphatic heterocycles. The number of fused-ring (bicyclic) bond motifs is 7. The fourth-order valence-corrected chi connectivity index (χ4v) is 8.50. The molecule has 0 unspecified atom stereocenters. The number of anilines is 1. The van der Waals surface area contributed by atoms with Crippen molar-refractivity contribution in [2.45, 2.75) is 70.9 Å². The van der Waals surface area contributed by atoms with Gasteiger partial charge in [0.2, 0.25) is 23.6 Å². The van der Waals surface area contributed by atoms with E-state index in [1.807, 2.05) is 30.7 Å². The molecular weight excluding hydrogens is 761 g/mol. The quantitative estimate of drug-likeness (QED) is 0.215. The van der Waals surface area contributed by atoms with E-state index >= 15 is 8.78 Å². The van der Waals surface area contributed by atoms with E-state index in [2.05, 4.69) is 32.5 Å². The Bertz CT molecular complexity index is 2460. The summed E-state index contributed by atoms with van der Waals surface area (Å²) in [7, 11) is 3.60. The molecule has 2 N–H and O–H groups in total. The summed E-state index contributed by atoms with van der Waals surface area (Å²) in [6.45, 7) is 6.83. The monoisotopic (exact) mass is 807 g/mol. The number of imidazole rings is 1. The second-order valence-corrected chi connectivity index (χ2v) is 16.1. The Hall–Kier alpha value is -6.03. The number of halogens is 2. The first-order valence-electron chi connectivity index (χ1n) is 20.1. The zero-order valence-electron chi connectivity index (χ0n) is 33.6. The van der Waals surface area contributed by atoms with E-state index in [0.29, 0.717) is 90.2 Å². The molecule has 2 aromatic carbocycles. The number of rotatable bonds is 6. The number of aromatic nitrogens is 5. The maximum absolute atomic E-state index is 15.1. The fraction of sp³-hybridized carbons (Fsp3) is 0.419. The van der Waals surface area contributed by atoms with Gasteiger partial charge in [-0.3, -0.25) is 34.8 Å². The first kappa shape index (κ1) is 39.8. The lowest BCUT2D eigenvalue weighted by molar-refractivity contribution is -0.134. The molecule has 2 bridgehead atoms. The summed E-state index contributed by atoms with van der Waals surface area (Å²) in [5, 5.41) is 9.58. The molecule has 4 amide bonds. The summed E-state index contributed by atoms with van der Waals surface area (Å²) in [4.78, 5) is 65.1. The van der Waals surface area contributed by atoms with Crippen LogP contribution in [0.5, 0.6) is 5.88 Å². The zero-order chi connectivity index (χ0) is 41.5. The lowest BCUT2D eigenvalue weighted by Gasteiger charge is -2.25. The van der Waals surface area contributed by atoms with Crippen LogP contribution in [0.2, 0.25) is 0 Å². The van der Waals surface area contributed by atoms with Gasteiger partial charge < -0.3 is 19.1 Å². The van der Waals surface area contributed by atoms with Crippen molar-refractivity contribution in [3.63, 3.8) is 0 Å². The van der Waals surface area contributed by atoms with Crippen LogP contribution >= 0.6 is 0 Å². The fourth-order valence-electron chi connectivity index (χ4n) is 8.50. The topological polar surface area (TPSA) is 157 Å². The highest BCUT2D eigenvalue weighted by Gasteiger charge is 2.33. The molecule has 308 valence electrons. The largest absolute Gasteiger partial charge is 0.477 e. The van der Waals surface area contributed by atoms with E-state index in [1.54, 1.807) is 41.0 Å². The molecule has 0 aliphatic carbocycles. The van der Waals surface area contributed by atoms with Crippen molar-refractivity contribution in [1.29, 1.82) is 0 Å². The standard InChI is InChI=1S/C43H47F2N9O5/c1-24-6-5-15-59-42-31(21-46-52(42)4)35-19-28(16-25(2)47-35)39(56)50-43-48-34-9-7-27(20-36(34)54(43)22-24)41(58)51(3)29-12-14-53(23-29)13-11-26-17-32(44)38(33(45)18-26)30-8-10-37(55)49-40(30)57/h7,9,16-21,24,29-30H,5-6,8,10-15,22-23H2,1-4H3,(H,48,50,56)(H,49,55,57)/t24-,29-,30-/m1/s1. The van der Waals surface area contributed by atoms with Crippen LogP contribution in [-0.4, -0.2) is 97.1 Å². The maximum atomic E-state index is 15.1. The van der Waals surface area contributed by atoms with Crippen molar-refractivity contribution >= 4 is 40.6 Å².